The van der Waals surface area contributed by atoms with E-state index < -0.39 is 0 Å². The lowest BCUT2D eigenvalue weighted by atomic mass is 10.1. The van der Waals surface area contributed by atoms with Gasteiger partial charge in [0.15, 0.2) is 11.2 Å². The predicted octanol–water partition coefficient (Wildman–Crippen LogP) is 3.29. The van der Waals surface area contributed by atoms with Crippen molar-refractivity contribution in [3.63, 3.8) is 0 Å². The average Bonchev–Trinajstić information content (AvgIpc) is 2.53. The number of aromatic hydroxyl groups is 1. The number of aromatic nitrogens is 1. The molecule has 0 aliphatic carbocycles. The third-order valence-corrected chi connectivity index (χ3v) is 3.65. The Bertz CT molecular complexity index is 1160. The van der Waals surface area contributed by atoms with Crippen LogP contribution in [0.1, 0.15) is 6.92 Å². The highest BCUT2D eigenvalue weighted by Gasteiger charge is 2.12. The highest BCUT2D eigenvalue weighted by molar-refractivity contribution is 6.07. The van der Waals surface area contributed by atoms with Gasteiger partial charge in [0.25, 0.3) is 0 Å². The standard InChI is InChI=1S/C18H12N2O3/c1-10(21)19-13-7-4-5-11-17(13)14(22)9-16-18(11)20-12-6-2-3-8-15(12)23-16/h2-9,22H,1H3. The Hall–Kier alpha value is -3.21. The summed E-state index contributed by atoms with van der Waals surface area (Å²) >= 11 is 0. The average molecular weight is 304 g/mol. The first-order valence-corrected chi connectivity index (χ1v) is 7.13. The summed E-state index contributed by atoms with van der Waals surface area (Å²) in [4.78, 5) is 19.9. The van der Waals surface area contributed by atoms with Gasteiger partial charge in [-0.2, -0.15) is 0 Å². The van der Waals surface area contributed by atoms with Crippen LogP contribution in [0.5, 0.6) is 5.75 Å². The van der Waals surface area contributed by atoms with Crippen LogP contribution in [0.15, 0.2) is 57.9 Å². The Morgan fingerprint density at radius 2 is 1.96 bits per heavy atom. The lowest BCUT2D eigenvalue weighted by molar-refractivity contribution is -0.116. The van der Waals surface area contributed by atoms with E-state index in [-0.39, 0.29) is 11.7 Å². The number of amides is 1. The van der Waals surface area contributed by atoms with Crippen LogP contribution < -0.4 is 5.36 Å². The van der Waals surface area contributed by atoms with Crippen molar-refractivity contribution in [2.24, 2.45) is 4.99 Å². The van der Waals surface area contributed by atoms with Crippen molar-refractivity contribution < 1.29 is 14.3 Å². The first-order chi connectivity index (χ1) is 11.1. The highest BCUT2D eigenvalue weighted by atomic mass is 16.3. The highest BCUT2D eigenvalue weighted by Crippen LogP contribution is 2.31. The van der Waals surface area contributed by atoms with E-state index >= 15 is 0 Å². The first kappa shape index (κ1) is 13.5. The lowest BCUT2D eigenvalue weighted by Crippen LogP contribution is -2.06. The number of nitrogens with zero attached hydrogens (tertiary/aromatic N) is 2. The summed E-state index contributed by atoms with van der Waals surface area (Å²) in [5.41, 5.74) is 2.47. The summed E-state index contributed by atoms with van der Waals surface area (Å²) in [5.74, 6) is -0.318. The van der Waals surface area contributed by atoms with Gasteiger partial charge in [-0.25, -0.2) is 9.98 Å². The Kier molecular flexibility index (Phi) is 2.87. The van der Waals surface area contributed by atoms with E-state index in [1.165, 1.54) is 13.0 Å². The molecule has 0 aliphatic rings. The molecule has 4 rings (SSSR count). The molecular weight excluding hydrogens is 292 g/mol. The van der Waals surface area contributed by atoms with E-state index in [1.54, 1.807) is 12.1 Å². The number of phenolic OH excluding ortho intramolecular Hbond substituents is 1. The smallest absolute Gasteiger partial charge is 0.243 e. The topological polar surface area (TPSA) is 75.7 Å². The summed E-state index contributed by atoms with van der Waals surface area (Å²) in [6.07, 6.45) is 0. The minimum Gasteiger partial charge on any atom is -0.507 e. The molecule has 0 atom stereocenters. The molecule has 0 saturated carbocycles. The van der Waals surface area contributed by atoms with E-state index in [9.17, 15) is 9.90 Å². The van der Waals surface area contributed by atoms with E-state index in [2.05, 4.69) is 9.98 Å². The fraction of sp³-hybridized carbons (Fsp3) is 0.0556. The van der Waals surface area contributed by atoms with E-state index in [4.69, 9.17) is 4.42 Å². The van der Waals surface area contributed by atoms with Gasteiger partial charge in [0.2, 0.25) is 5.91 Å². The maximum atomic E-state index is 11.3. The number of carbonyl (C=O) groups is 1. The molecule has 4 aromatic rings. The third kappa shape index (κ3) is 2.14. The van der Waals surface area contributed by atoms with Gasteiger partial charge in [-0.15, -0.1) is 0 Å². The predicted molar refractivity (Wildman–Crippen MR) is 86.9 cm³/mol. The van der Waals surface area contributed by atoms with Crippen LogP contribution in [0.2, 0.25) is 0 Å². The monoisotopic (exact) mass is 304 g/mol. The fourth-order valence-electron chi connectivity index (χ4n) is 2.73. The Balaban J connectivity index is 2.24. The number of phenols is 1. The first-order valence-electron chi connectivity index (χ1n) is 7.13. The number of rotatable bonds is 0. The van der Waals surface area contributed by atoms with E-state index in [0.717, 1.165) is 5.52 Å². The number of para-hydroxylation sites is 2. The van der Waals surface area contributed by atoms with Gasteiger partial charge < -0.3 is 9.52 Å². The minimum absolute atomic E-state index is 0.00827. The molecule has 1 heterocycles. The van der Waals surface area contributed by atoms with Gasteiger partial charge >= 0.3 is 0 Å². The largest absolute Gasteiger partial charge is 0.507 e. The second-order valence-electron chi connectivity index (χ2n) is 5.25. The minimum atomic E-state index is -0.326. The molecule has 3 aromatic carbocycles. The fourth-order valence-corrected chi connectivity index (χ4v) is 2.73. The summed E-state index contributed by atoms with van der Waals surface area (Å²) < 4.78 is 5.84. The molecule has 0 spiro atoms. The Morgan fingerprint density at radius 3 is 2.78 bits per heavy atom. The van der Waals surface area contributed by atoms with Crippen LogP contribution in [-0.4, -0.2) is 16.0 Å². The zero-order chi connectivity index (χ0) is 16.0. The SMILES string of the molecule is CC(=O)N=c1cccc2c1c(O)cc1oc3ccccc3nc12. The summed E-state index contributed by atoms with van der Waals surface area (Å²) in [7, 11) is 0. The normalized spacial score (nSPS) is 12.3. The van der Waals surface area contributed by atoms with E-state index in [1.807, 2.05) is 30.3 Å². The van der Waals surface area contributed by atoms with Crippen LogP contribution in [0.3, 0.4) is 0 Å². The van der Waals surface area contributed by atoms with Gasteiger partial charge in [0.05, 0.1) is 10.7 Å². The van der Waals surface area contributed by atoms with Gasteiger partial charge in [0.1, 0.15) is 16.8 Å². The lowest BCUT2D eigenvalue weighted by Gasteiger charge is -2.07. The maximum Gasteiger partial charge on any atom is 0.243 e. The van der Waals surface area contributed by atoms with Crippen LogP contribution in [0, 0.1) is 0 Å². The van der Waals surface area contributed by atoms with E-state index in [0.29, 0.717) is 32.8 Å². The van der Waals surface area contributed by atoms with Crippen molar-refractivity contribution >= 4 is 38.9 Å². The number of hydrogen-bond acceptors (Lipinski definition) is 4. The number of carbonyl (C=O) groups excluding carboxylic acids is 1. The van der Waals surface area contributed by atoms with Crippen molar-refractivity contribution in [3.05, 3.63) is 53.9 Å². The molecule has 0 unspecified atom stereocenters. The number of fused-ring (bicyclic) bond motifs is 4. The third-order valence-electron chi connectivity index (χ3n) is 3.65. The van der Waals surface area contributed by atoms with Crippen molar-refractivity contribution in [2.75, 3.05) is 0 Å². The molecule has 5 heteroatoms. The summed E-state index contributed by atoms with van der Waals surface area (Å²) in [6, 6.07) is 14.2. The van der Waals surface area contributed by atoms with Crippen LogP contribution in [0.25, 0.3) is 33.0 Å². The molecule has 5 nitrogen and oxygen atoms in total. The molecule has 23 heavy (non-hydrogen) atoms. The Morgan fingerprint density at radius 1 is 1.13 bits per heavy atom. The molecule has 112 valence electrons. The van der Waals surface area contributed by atoms with Crippen LogP contribution in [-0.2, 0) is 4.79 Å². The van der Waals surface area contributed by atoms with Gasteiger partial charge in [-0.1, -0.05) is 24.3 Å². The quantitative estimate of drug-likeness (QED) is 0.399. The maximum absolute atomic E-state index is 11.3. The number of hydrogen-bond donors (Lipinski definition) is 1. The zero-order valence-electron chi connectivity index (χ0n) is 12.3. The van der Waals surface area contributed by atoms with Crippen molar-refractivity contribution in [2.45, 2.75) is 6.92 Å². The molecule has 1 aromatic heterocycles. The zero-order valence-corrected chi connectivity index (χ0v) is 12.3. The van der Waals surface area contributed by atoms with Crippen molar-refractivity contribution in [1.29, 1.82) is 0 Å². The number of benzene rings is 3. The molecular formula is C18H12N2O3. The Labute approximate surface area is 130 Å². The molecule has 1 amide bonds. The van der Waals surface area contributed by atoms with Gasteiger partial charge in [0, 0.05) is 18.4 Å². The van der Waals surface area contributed by atoms with Crippen LogP contribution in [0.4, 0.5) is 0 Å². The molecule has 1 N–H and O–H groups in total. The van der Waals surface area contributed by atoms with Gasteiger partial charge in [-0.3, -0.25) is 4.79 Å². The second-order valence-corrected chi connectivity index (χ2v) is 5.25. The van der Waals surface area contributed by atoms with Crippen molar-refractivity contribution in [1.82, 2.24) is 4.98 Å². The molecule has 0 saturated heterocycles. The van der Waals surface area contributed by atoms with Crippen LogP contribution >= 0.6 is 0 Å². The molecule has 0 fully saturated rings. The molecule has 0 radical (unpaired) electrons. The summed E-state index contributed by atoms with van der Waals surface area (Å²) in [5, 5.41) is 12.0. The molecule has 0 aliphatic heterocycles. The second kappa shape index (κ2) is 4.91. The van der Waals surface area contributed by atoms with Crippen molar-refractivity contribution in [3.8, 4) is 5.75 Å². The van der Waals surface area contributed by atoms with Gasteiger partial charge in [-0.05, 0) is 18.2 Å². The molecule has 0 bridgehead atoms. The summed E-state index contributed by atoms with van der Waals surface area (Å²) in [6.45, 7) is 1.37.